The van der Waals surface area contributed by atoms with E-state index in [1.54, 1.807) is 0 Å². The minimum atomic E-state index is -0.308. The van der Waals surface area contributed by atoms with Crippen LogP contribution in [0.2, 0.25) is 0 Å². The van der Waals surface area contributed by atoms with E-state index in [4.69, 9.17) is 0 Å². The highest BCUT2D eigenvalue weighted by molar-refractivity contribution is 9.10. The lowest BCUT2D eigenvalue weighted by Crippen LogP contribution is -2.14. The first-order chi connectivity index (χ1) is 7.08. The summed E-state index contributed by atoms with van der Waals surface area (Å²) in [6.07, 6.45) is 3.22. The van der Waals surface area contributed by atoms with Crippen molar-refractivity contribution in [3.63, 3.8) is 0 Å². The number of aromatic amines is 1. The molecule has 0 saturated heterocycles. The SMILES string of the molecule is CC1CCC(c2nc(O)c(Br)c(=O)[nH]2)C1. The Morgan fingerprint density at radius 1 is 1.53 bits per heavy atom. The molecule has 2 atom stereocenters. The molecule has 0 aliphatic heterocycles. The van der Waals surface area contributed by atoms with Gasteiger partial charge < -0.3 is 10.1 Å². The largest absolute Gasteiger partial charge is 0.492 e. The van der Waals surface area contributed by atoms with E-state index in [0.717, 1.165) is 19.3 Å². The zero-order valence-electron chi connectivity index (χ0n) is 8.46. The number of nitrogens with zero attached hydrogens (tertiary/aromatic N) is 1. The van der Waals surface area contributed by atoms with Gasteiger partial charge in [-0.05, 0) is 41.1 Å². The fourth-order valence-electron chi connectivity index (χ4n) is 2.11. The normalized spacial score (nSPS) is 25.7. The Hall–Kier alpha value is -0.840. The molecule has 1 aromatic rings. The second-order valence-electron chi connectivity index (χ2n) is 4.20. The Bertz CT molecular complexity index is 430. The molecular formula is C10H13BrN2O2. The summed E-state index contributed by atoms with van der Waals surface area (Å²) in [5.41, 5.74) is -0.308. The van der Waals surface area contributed by atoms with Crippen molar-refractivity contribution in [2.24, 2.45) is 5.92 Å². The molecule has 0 bridgehead atoms. The average Bonchev–Trinajstić information content (AvgIpc) is 2.60. The Morgan fingerprint density at radius 2 is 2.27 bits per heavy atom. The van der Waals surface area contributed by atoms with Crippen LogP contribution in [0.1, 0.15) is 37.9 Å². The number of hydrogen-bond donors (Lipinski definition) is 2. The summed E-state index contributed by atoms with van der Waals surface area (Å²) in [5, 5.41) is 9.43. The highest BCUT2D eigenvalue weighted by Gasteiger charge is 2.25. The molecule has 2 rings (SSSR count). The Kier molecular flexibility index (Phi) is 2.82. The van der Waals surface area contributed by atoms with Gasteiger partial charge in [0.2, 0.25) is 5.88 Å². The highest BCUT2D eigenvalue weighted by Crippen LogP contribution is 2.36. The molecule has 0 aromatic carbocycles. The summed E-state index contributed by atoms with van der Waals surface area (Å²) in [6, 6.07) is 0. The molecule has 1 aliphatic rings. The third-order valence-electron chi connectivity index (χ3n) is 2.95. The zero-order valence-corrected chi connectivity index (χ0v) is 10.0. The molecule has 4 nitrogen and oxygen atoms in total. The van der Waals surface area contributed by atoms with E-state index < -0.39 is 0 Å². The van der Waals surface area contributed by atoms with Gasteiger partial charge in [-0.2, -0.15) is 4.98 Å². The van der Waals surface area contributed by atoms with E-state index in [1.165, 1.54) is 0 Å². The lowest BCUT2D eigenvalue weighted by Gasteiger charge is -2.08. The van der Waals surface area contributed by atoms with Gasteiger partial charge in [0.1, 0.15) is 10.3 Å². The van der Waals surface area contributed by atoms with E-state index >= 15 is 0 Å². The maximum atomic E-state index is 11.4. The molecule has 0 amide bonds. The molecule has 2 unspecified atom stereocenters. The molecule has 0 spiro atoms. The van der Waals surface area contributed by atoms with Crippen molar-refractivity contribution in [1.29, 1.82) is 0 Å². The predicted molar refractivity (Wildman–Crippen MR) is 60.0 cm³/mol. The quantitative estimate of drug-likeness (QED) is 0.823. The second-order valence-corrected chi connectivity index (χ2v) is 5.00. The summed E-state index contributed by atoms with van der Waals surface area (Å²) >= 11 is 2.98. The number of aromatic nitrogens is 2. The van der Waals surface area contributed by atoms with Crippen molar-refractivity contribution in [3.8, 4) is 5.88 Å². The van der Waals surface area contributed by atoms with Gasteiger partial charge in [-0.1, -0.05) is 6.92 Å². The lowest BCUT2D eigenvalue weighted by molar-refractivity contribution is 0.439. The molecule has 82 valence electrons. The van der Waals surface area contributed by atoms with Crippen molar-refractivity contribution in [3.05, 3.63) is 20.7 Å². The van der Waals surface area contributed by atoms with Gasteiger partial charge in [0.25, 0.3) is 5.56 Å². The smallest absolute Gasteiger partial charge is 0.269 e. The van der Waals surface area contributed by atoms with Crippen molar-refractivity contribution < 1.29 is 5.11 Å². The Balaban J connectivity index is 2.34. The highest BCUT2D eigenvalue weighted by atomic mass is 79.9. The maximum absolute atomic E-state index is 11.4. The van der Waals surface area contributed by atoms with E-state index in [9.17, 15) is 9.90 Å². The first kappa shape index (κ1) is 10.7. The first-order valence-corrected chi connectivity index (χ1v) is 5.86. The predicted octanol–water partition coefficient (Wildman–Crippen LogP) is 2.14. The van der Waals surface area contributed by atoms with Gasteiger partial charge in [0, 0.05) is 5.92 Å². The fraction of sp³-hybridized carbons (Fsp3) is 0.600. The second kappa shape index (κ2) is 3.96. The van der Waals surface area contributed by atoms with Gasteiger partial charge in [-0.15, -0.1) is 0 Å². The summed E-state index contributed by atoms with van der Waals surface area (Å²) in [5.74, 6) is 1.36. The van der Waals surface area contributed by atoms with Crippen molar-refractivity contribution in [2.75, 3.05) is 0 Å². The maximum Gasteiger partial charge on any atom is 0.269 e. The van der Waals surface area contributed by atoms with Crippen LogP contribution >= 0.6 is 15.9 Å². The molecule has 2 N–H and O–H groups in total. The van der Waals surface area contributed by atoms with Gasteiger partial charge in [-0.25, -0.2) is 0 Å². The van der Waals surface area contributed by atoms with Crippen LogP contribution in [0.25, 0.3) is 0 Å². The van der Waals surface area contributed by atoms with Crippen LogP contribution in [-0.2, 0) is 0 Å². The minimum absolute atomic E-state index is 0.109. The van der Waals surface area contributed by atoms with Crippen molar-refractivity contribution in [2.45, 2.75) is 32.1 Å². The third kappa shape index (κ3) is 2.07. The van der Waals surface area contributed by atoms with E-state index in [-0.39, 0.29) is 21.8 Å². The molecule has 5 heteroatoms. The summed E-state index contributed by atoms with van der Waals surface area (Å²) in [4.78, 5) is 18.1. The summed E-state index contributed by atoms with van der Waals surface area (Å²) in [6.45, 7) is 2.19. The fourth-order valence-corrected chi connectivity index (χ4v) is 2.30. The van der Waals surface area contributed by atoms with E-state index in [1.807, 2.05) is 0 Å². The monoisotopic (exact) mass is 272 g/mol. The number of H-pyrrole nitrogens is 1. The van der Waals surface area contributed by atoms with Crippen LogP contribution in [0.3, 0.4) is 0 Å². The number of aromatic hydroxyl groups is 1. The van der Waals surface area contributed by atoms with Crippen LogP contribution in [0, 0.1) is 5.92 Å². The Morgan fingerprint density at radius 3 is 2.80 bits per heavy atom. The standard InChI is InChI=1S/C10H13BrN2O2/c1-5-2-3-6(4-5)8-12-9(14)7(11)10(15)13-8/h5-6H,2-4H2,1H3,(H2,12,13,14,15). The molecular weight excluding hydrogens is 260 g/mol. The molecule has 1 fully saturated rings. The molecule has 15 heavy (non-hydrogen) atoms. The summed E-state index contributed by atoms with van der Waals surface area (Å²) in [7, 11) is 0. The molecule has 1 heterocycles. The zero-order chi connectivity index (χ0) is 11.0. The van der Waals surface area contributed by atoms with Crippen LogP contribution in [0.15, 0.2) is 9.27 Å². The van der Waals surface area contributed by atoms with Crippen LogP contribution in [0.4, 0.5) is 0 Å². The molecule has 0 radical (unpaired) electrons. The van der Waals surface area contributed by atoms with Crippen LogP contribution in [0.5, 0.6) is 5.88 Å². The summed E-state index contributed by atoms with van der Waals surface area (Å²) < 4.78 is 0.109. The third-order valence-corrected chi connectivity index (χ3v) is 3.66. The number of rotatable bonds is 1. The first-order valence-electron chi connectivity index (χ1n) is 5.06. The van der Waals surface area contributed by atoms with Crippen molar-refractivity contribution >= 4 is 15.9 Å². The molecule has 1 aromatic heterocycles. The van der Waals surface area contributed by atoms with Gasteiger partial charge in [0.05, 0.1) is 0 Å². The van der Waals surface area contributed by atoms with Crippen LogP contribution < -0.4 is 5.56 Å². The van der Waals surface area contributed by atoms with E-state index in [0.29, 0.717) is 11.7 Å². The minimum Gasteiger partial charge on any atom is -0.492 e. The van der Waals surface area contributed by atoms with Crippen molar-refractivity contribution in [1.82, 2.24) is 9.97 Å². The molecule has 1 saturated carbocycles. The number of nitrogens with one attached hydrogen (secondary N) is 1. The topological polar surface area (TPSA) is 66.0 Å². The number of hydrogen-bond acceptors (Lipinski definition) is 3. The molecule has 1 aliphatic carbocycles. The van der Waals surface area contributed by atoms with Gasteiger partial charge in [0.15, 0.2) is 0 Å². The van der Waals surface area contributed by atoms with Gasteiger partial charge in [-0.3, -0.25) is 4.79 Å². The average molecular weight is 273 g/mol. The lowest BCUT2D eigenvalue weighted by atomic mass is 10.1. The number of halogens is 1. The van der Waals surface area contributed by atoms with E-state index in [2.05, 4.69) is 32.8 Å². The van der Waals surface area contributed by atoms with Gasteiger partial charge >= 0.3 is 0 Å². The van der Waals surface area contributed by atoms with Crippen LogP contribution in [-0.4, -0.2) is 15.1 Å². The Labute approximate surface area is 95.9 Å².